The summed E-state index contributed by atoms with van der Waals surface area (Å²) in [7, 11) is 0. The number of fused-ring (bicyclic) bond motifs is 1. The van der Waals surface area contributed by atoms with Crippen LogP contribution in [-0.2, 0) is 0 Å². The highest BCUT2D eigenvalue weighted by Gasteiger charge is 2.17. The molecule has 6 nitrogen and oxygen atoms in total. The smallest absolute Gasteiger partial charge is 0.151 e. The number of benzene rings is 6. The van der Waals surface area contributed by atoms with E-state index in [-0.39, 0.29) is 22.9 Å². The van der Waals surface area contributed by atoms with E-state index in [9.17, 15) is 10.2 Å². The second-order valence-electron chi connectivity index (χ2n) is 9.86. The standard InChI is InChI=1S/C38H26N2O4/c39-33-23-29(17-21-35(33)41)43-37-27(13-11-25-7-3-1-4-8-25)15-19-32-31(37)20-16-28(14-12-26-9-5-2-6-10-26)38(32)44-30-18-22-36(42)34(40)24-30/h1-10,15-24,41-42H,39-40H2. The van der Waals surface area contributed by atoms with Gasteiger partial charge in [-0.15, -0.1) is 0 Å². The molecule has 44 heavy (non-hydrogen) atoms. The third-order valence-corrected chi connectivity index (χ3v) is 6.77. The number of hydrogen-bond donors (Lipinski definition) is 4. The van der Waals surface area contributed by atoms with Crippen molar-refractivity contribution in [2.45, 2.75) is 0 Å². The van der Waals surface area contributed by atoms with Gasteiger partial charge in [-0.3, -0.25) is 0 Å². The van der Waals surface area contributed by atoms with Gasteiger partial charge in [-0.05, 0) is 72.8 Å². The Kier molecular flexibility index (Phi) is 7.65. The first kappa shape index (κ1) is 27.7. The Morgan fingerprint density at radius 1 is 0.455 bits per heavy atom. The van der Waals surface area contributed by atoms with E-state index in [4.69, 9.17) is 20.9 Å². The Hall–Kier alpha value is -6.50. The number of nitrogen functional groups attached to an aromatic ring is 2. The van der Waals surface area contributed by atoms with Crippen LogP contribution in [0, 0.1) is 23.7 Å². The van der Waals surface area contributed by atoms with Crippen molar-refractivity contribution in [3.8, 4) is 58.2 Å². The highest BCUT2D eigenvalue weighted by molar-refractivity contribution is 5.97. The van der Waals surface area contributed by atoms with Gasteiger partial charge in [0.15, 0.2) is 11.5 Å². The van der Waals surface area contributed by atoms with Crippen LogP contribution in [0.15, 0.2) is 121 Å². The summed E-state index contributed by atoms with van der Waals surface area (Å²) in [5, 5.41) is 21.4. The van der Waals surface area contributed by atoms with Crippen molar-refractivity contribution in [1.82, 2.24) is 0 Å². The molecule has 0 saturated heterocycles. The maximum atomic E-state index is 9.97. The van der Waals surface area contributed by atoms with Crippen molar-refractivity contribution in [1.29, 1.82) is 0 Å². The highest BCUT2D eigenvalue weighted by atomic mass is 16.5. The first-order valence-electron chi connectivity index (χ1n) is 13.7. The van der Waals surface area contributed by atoms with Crippen LogP contribution in [0.25, 0.3) is 10.8 Å². The Bertz CT molecular complexity index is 1970. The number of phenols is 2. The summed E-state index contributed by atoms with van der Waals surface area (Å²) in [4.78, 5) is 0. The minimum atomic E-state index is -0.0372. The molecule has 0 aromatic heterocycles. The van der Waals surface area contributed by atoms with Crippen LogP contribution in [0.3, 0.4) is 0 Å². The van der Waals surface area contributed by atoms with Crippen LogP contribution in [0.2, 0.25) is 0 Å². The number of anilines is 2. The van der Waals surface area contributed by atoms with E-state index in [2.05, 4.69) is 23.7 Å². The minimum Gasteiger partial charge on any atom is -0.506 e. The first-order valence-corrected chi connectivity index (χ1v) is 13.7. The Morgan fingerprint density at radius 3 is 1.25 bits per heavy atom. The number of rotatable bonds is 4. The van der Waals surface area contributed by atoms with Gasteiger partial charge >= 0.3 is 0 Å². The molecule has 0 bridgehead atoms. The highest BCUT2D eigenvalue weighted by Crippen LogP contribution is 2.42. The lowest BCUT2D eigenvalue weighted by molar-refractivity contribution is 0.466. The topological polar surface area (TPSA) is 111 Å². The summed E-state index contributed by atoms with van der Waals surface area (Å²) in [6.45, 7) is 0. The van der Waals surface area contributed by atoms with Gasteiger partial charge in [-0.2, -0.15) is 0 Å². The molecule has 0 aliphatic carbocycles. The number of phenolic OH excluding ortho intramolecular Hbond substituents is 2. The van der Waals surface area contributed by atoms with Crippen LogP contribution in [0.4, 0.5) is 11.4 Å². The largest absolute Gasteiger partial charge is 0.506 e. The van der Waals surface area contributed by atoms with Crippen molar-refractivity contribution in [2.75, 3.05) is 11.5 Å². The second kappa shape index (κ2) is 12.2. The van der Waals surface area contributed by atoms with E-state index in [1.54, 1.807) is 24.3 Å². The molecule has 6 rings (SSSR count). The van der Waals surface area contributed by atoms with Crippen molar-refractivity contribution in [2.24, 2.45) is 0 Å². The van der Waals surface area contributed by atoms with Gasteiger partial charge in [-0.25, -0.2) is 0 Å². The Morgan fingerprint density at radius 2 is 0.864 bits per heavy atom. The zero-order valence-electron chi connectivity index (χ0n) is 23.4. The summed E-state index contributed by atoms with van der Waals surface area (Å²) in [5.74, 6) is 14.6. The van der Waals surface area contributed by atoms with Crippen LogP contribution in [0.5, 0.6) is 34.5 Å². The molecule has 0 saturated carbocycles. The van der Waals surface area contributed by atoms with Crippen molar-refractivity contribution in [3.63, 3.8) is 0 Å². The lowest BCUT2D eigenvalue weighted by Crippen LogP contribution is -1.96. The van der Waals surface area contributed by atoms with E-state index in [1.807, 2.05) is 84.9 Å². The monoisotopic (exact) mass is 574 g/mol. The molecule has 0 atom stereocenters. The number of hydrogen-bond acceptors (Lipinski definition) is 6. The molecule has 212 valence electrons. The van der Waals surface area contributed by atoms with Gasteiger partial charge in [0.25, 0.3) is 0 Å². The molecule has 0 radical (unpaired) electrons. The Balaban J connectivity index is 1.55. The fraction of sp³-hybridized carbons (Fsp3) is 0. The molecule has 0 aliphatic heterocycles. The van der Waals surface area contributed by atoms with E-state index < -0.39 is 0 Å². The SMILES string of the molecule is Nc1cc(Oc2c(C#Cc3ccccc3)ccc3c(Oc4ccc(O)c(N)c4)c(C#Cc4ccccc4)ccc23)ccc1O. The van der Waals surface area contributed by atoms with E-state index in [0.29, 0.717) is 44.9 Å². The molecule has 0 spiro atoms. The average Bonchev–Trinajstić information content (AvgIpc) is 3.04. The second-order valence-corrected chi connectivity index (χ2v) is 9.86. The van der Waals surface area contributed by atoms with E-state index >= 15 is 0 Å². The summed E-state index contributed by atoms with van der Waals surface area (Å²) < 4.78 is 12.8. The molecule has 0 amide bonds. The number of ether oxygens (including phenoxy) is 2. The molecule has 0 aliphatic rings. The molecule has 6 aromatic carbocycles. The van der Waals surface area contributed by atoms with Gasteiger partial charge in [0.1, 0.15) is 23.0 Å². The molecular weight excluding hydrogens is 548 g/mol. The summed E-state index contributed by atoms with van der Waals surface area (Å²) >= 11 is 0. The predicted octanol–water partition coefficient (Wildman–Crippen LogP) is 7.80. The maximum absolute atomic E-state index is 9.97. The van der Waals surface area contributed by atoms with Crippen LogP contribution >= 0.6 is 0 Å². The van der Waals surface area contributed by atoms with Crippen molar-refractivity contribution in [3.05, 3.63) is 144 Å². The summed E-state index contributed by atoms with van der Waals surface area (Å²) in [6, 6.07) is 36.2. The lowest BCUT2D eigenvalue weighted by atomic mass is 10.0. The van der Waals surface area contributed by atoms with Gasteiger partial charge in [0.05, 0.1) is 22.5 Å². The fourth-order valence-corrected chi connectivity index (χ4v) is 4.52. The molecule has 6 heteroatoms. The molecule has 0 fully saturated rings. The summed E-state index contributed by atoms with van der Waals surface area (Å²) in [5.41, 5.74) is 15.3. The molecule has 6 aromatic rings. The lowest BCUT2D eigenvalue weighted by Gasteiger charge is -2.16. The third-order valence-electron chi connectivity index (χ3n) is 6.77. The molecule has 0 heterocycles. The van der Waals surface area contributed by atoms with Crippen LogP contribution < -0.4 is 20.9 Å². The van der Waals surface area contributed by atoms with E-state index in [1.165, 1.54) is 12.1 Å². The normalized spacial score (nSPS) is 10.3. The van der Waals surface area contributed by atoms with Crippen molar-refractivity contribution < 1.29 is 19.7 Å². The van der Waals surface area contributed by atoms with Gasteiger partial charge in [-0.1, -0.05) is 60.1 Å². The molecular formula is C38H26N2O4. The zero-order valence-corrected chi connectivity index (χ0v) is 23.4. The Labute approximate surface area is 254 Å². The zero-order chi connectivity index (χ0) is 30.5. The predicted molar refractivity (Wildman–Crippen MR) is 174 cm³/mol. The number of nitrogens with two attached hydrogens (primary N) is 2. The van der Waals surface area contributed by atoms with E-state index in [0.717, 1.165) is 11.1 Å². The van der Waals surface area contributed by atoms with Crippen molar-refractivity contribution >= 4 is 22.1 Å². The van der Waals surface area contributed by atoms with Crippen LogP contribution in [0.1, 0.15) is 22.3 Å². The summed E-state index contributed by atoms with van der Waals surface area (Å²) in [6.07, 6.45) is 0. The third kappa shape index (κ3) is 6.06. The van der Waals surface area contributed by atoms with Gasteiger partial charge in [0.2, 0.25) is 0 Å². The first-order chi connectivity index (χ1) is 21.4. The van der Waals surface area contributed by atoms with Crippen LogP contribution in [-0.4, -0.2) is 10.2 Å². The average molecular weight is 575 g/mol. The number of aromatic hydroxyl groups is 2. The molecule has 0 unspecified atom stereocenters. The molecule has 6 N–H and O–H groups in total. The maximum Gasteiger partial charge on any atom is 0.151 e. The minimum absolute atomic E-state index is 0.0372. The quantitative estimate of drug-likeness (QED) is 0.0971. The fourth-order valence-electron chi connectivity index (χ4n) is 4.52. The van der Waals surface area contributed by atoms with Gasteiger partial charge < -0.3 is 31.2 Å². The van der Waals surface area contributed by atoms with Gasteiger partial charge in [0, 0.05) is 34.0 Å².